The van der Waals surface area contributed by atoms with Gasteiger partial charge in [0.25, 0.3) is 0 Å². The fourth-order valence-electron chi connectivity index (χ4n) is 1.52. The molecule has 0 aliphatic heterocycles. The average molecular weight is 232 g/mol. The Morgan fingerprint density at radius 2 is 1.94 bits per heavy atom. The van der Waals surface area contributed by atoms with E-state index in [9.17, 15) is 4.79 Å². The zero-order valence-corrected chi connectivity index (χ0v) is 10.7. The van der Waals surface area contributed by atoms with Gasteiger partial charge in [-0.25, -0.2) is 0 Å². The fourth-order valence-corrected chi connectivity index (χ4v) is 1.52. The maximum atomic E-state index is 11.0. The lowest BCUT2D eigenvalue weighted by Gasteiger charge is -2.26. The van der Waals surface area contributed by atoms with Crippen molar-refractivity contribution in [2.24, 2.45) is 5.41 Å². The number of rotatable bonds is 6. The Kier molecular flexibility index (Phi) is 5.11. The lowest BCUT2D eigenvalue weighted by Crippen LogP contribution is -2.31. The van der Waals surface area contributed by atoms with E-state index >= 15 is 0 Å². The fraction of sp³-hybridized carbons (Fsp3) is 0.400. The normalized spacial score (nSPS) is 13.8. The summed E-state index contributed by atoms with van der Waals surface area (Å²) in [6, 6.07) is 9.96. The molecule has 1 aromatic rings. The maximum Gasteiger partial charge on any atom is 0.128 e. The Morgan fingerprint density at radius 1 is 1.29 bits per heavy atom. The first kappa shape index (κ1) is 13.7. The lowest BCUT2D eigenvalue weighted by atomic mass is 9.88. The van der Waals surface area contributed by atoms with E-state index in [0.717, 1.165) is 11.8 Å². The molecule has 0 saturated heterocycles. The van der Waals surface area contributed by atoms with E-state index in [4.69, 9.17) is 4.74 Å². The summed E-state index contributed by atoms with van der Waals surface area (Å²) in [5.74, 6) is 0. The second kappa shape index (κ2) is 6.36. The van der Waals surface area contributed by atoms with Crippen molar-refractivity contribution in [2.45, 2.75) is 33.5 Å². The Morgan fingerprint density at radius 3 is 2.47 bits per heavy atom. The van der Waals surface area contributed by atoms with Gasteiger partial charge in [0.2, 0.25) is 0 Å². The van der Waals surface area contributed by atoms with Gasteiger partial charge in [-0.1, -0.05) is 56.3 Å². The molecular formula is C15H20O2. The zero-order chi connectivity index (χ0) is 12.7. The minimum Gasteiger partial charge on any atom is -0.368 e. The highest BCUT2D eigenvalue weighted by Crippen LogP contribution is 2.23. The van der Waals surface area contributed by atoms with Crippen LogP contribution < -0.4 is 0 Å². The molecule has 0 bridgehead atoms. The molecule has 0 fully saturated rings. The molecule has 0 spiro atoms. The van der Waals surface area contributed by atoms with Crippen LogP contribution in [0.5, 0.6) is 0 Å². The third kappa shape index (κ3) is 4.16. The van der Waals surface area contributed by atoms with Crippen molar-refractivity contribution in [3.8, 4) is 0 Å². The second-order valence-electron chi connectivity index (χ2n) is 4.68. The summed E-state index contributed by atoms with van der Waals surface area (Å²) in [7, 11) is 0. The number of ether oxygens (including phenoxy) is 1. The van der Waals surface area contributed by atoms with Crippen molar-refractivity contribution in [2.75, 3.05) is 0 Å². The third-order valence-electron chi connectivity index (χ3n) is 2.68. The predicted molar refractivity (Wildman–Crippen MR) is 69.7 cm³/mol. The molecule has 2 heteroatoms. The zero-order valence-electron chi connectivity index (χ0n) is 10.7. The number of carbonyl (C=O) groups is 1. The quantitative estimate of drug-likeness (QED) is 0.555. The smallest absolute Gasteiger partial charge is 0.128 e. The standard InChI is InChI=1S/C15H20O2/c1-4-8-14(15(2,3)12-16)17-11-13-9-6-5-7-10-13/h4-10,12,14H,11H2,1-3H3. The van der Waals surface area contributed by atoms with Crippen LogP contribution in [-0.2, 0) is 16.1 Å². The van der Waals surface area contributed by atoms with Crippen LogP contribution >= 0.6 is 0 Å². The van der Waals surface area contributed by atoms with Crippen LogP contribution in [0.2, 0.25) is 0 Å². The molecule has 0 aliphatic rings. The van der Waals surface area contributed by atoms with Crippen LogP contribution in [0, 0.1) is 5.41 Å². The highest BCUT2D eigenvalue weighted by Gasteiger charge is 2.27. The van der Waals surface area contributed by atoms with Gasteiger partial charge in [-0.15, -0.1) is 0 Å². The van der Waals surface area contributed by atoms with Crippen molar-refractivity contribution in [1.82, 2.24) is 0 Å². The first-order valence-electron chi connectivity index (χ1n) is 5.85. The van der Waals surface area contributed by atoms with Gasteiger partial charge >= 0.3 is 0 Å². The van der Waals surface area contributed by atoms with Crippen molar-refractivity contribution >= 4 is 6.29 Å². The van der Waals surface area contributed by atoms with Gasteiger partial charge in [0.05, 0.1) is 18.1 Å². The summed E-state index contributed by atoms with van der Waals surface area (Å²) in [4.78, 5) is 11.0. The van der Waals surface area contributed by atoms with E-state index in [1.165, 1.54) is 0 Å². The van der Waals surface area contributed by atoms with Crippen LogP contribution in [-0.4, -0.2) is 12.4 Å². The van der Waals surface area contributed by atoms with E-state index in [0.29, 0.717) is 6.61 Å². The molecule has 1 rings (SSSR count). The summed E-state index contributed by atoms with van der Waals surface area (Å²) in [6.45, 7) is 6.22. The highest BCUT2D eigenvalue weighted by atomic mass is 16.5. The van der Waals surface area contributed by atoms with Crippen LogP contribution in [0.25, 0.3) is 0 Å². The van der Waals surface area contributed by atoms with Gasteiger partial charge in [0, 0.05) is 0 Å². The summed E-state index contributed by atoms with van der Waals surface area (Å²) >= 11 is 0. The number of hydrogen-bond acceptors (Lipinski definition) is 2. The first-order valence-corrected chi connectivity index (χ1v) is 5.85. The van der Waals surface area contributed by atoms with Crippen molar-refractivity contribution in [3.05, 3.63) is 48.0 Å². The molecular weight excluding hydrogens is 212 g/mol. The number of aldehydes is 1. The highest BCUT2D eigenvalue weighted by molar-refractivity contribution is 5.59. The molecule has 0 aliphatic carbocycles. The molecule has 92 valence electrons. The molecule has 2 nitrogen and oxygen atoms in total. The number of benzene rings is 1. The Labute approximate surface area is 103 Å². The maximum absolute atomic E-state index is 11.0. The minimum atomic E-state index is -0.499. The van der Waals surface area contributed by atoms with Crippen LogP contribution in [0.4, 0.5) is 0 Å². The van der Waals surface area contributed by atoms with E-state index in [2.05, 4.69) is 0 Å². The van der Waals surface area contributed by atoms with Gasteiger partial charge in [0.15, 0.2) is 0 Å². The molecule has 0 heterocycles. The third-order valence-corrected chi connectivity index (χ3v) is 2.68. The van der Waals surface area contributed by atoms with Crippen LogP contribution in [0.1, 0.15) is 26.3 Å². The second-order valence-corrected chi connectivity index (χ2v) is 4.68. The number of hydrogen-bond donors (Lipinski definition) is 0. The molecule has 0 amide bonds. The average Bonchev–Trinajstić information content (AvgIpc) is 2.35. The topological polar surface area (TPSA) is 26.3 Å². The largest absolute Gasteiger partial charge is 0.368 e. The minimum absolute atomic E-state index is 0.190. The van der Waals surface area contributed by atoms with Crippen molar-refractivity contribution < 1.29 is 9.53 Å². The van der Waals surface area contributed by atoms with Crippen LogP contribution in [0.3, 0.4) is 0 Å². The monoisotopic (exact) mass is 232 g/mol. The first-order chi connectivity index (χ1) is 8.10. The molecule has 0 N–H and O–H groups in total. The van der Waals surface area contributed by atoms with Gasteiger partial charge in [0.1, 0.15) is 6.29 Å². The van der Waals surface area contributed by atoms with Crippen LogP contribution in [0.15, 0.2) is 42.5 Å². The molecule has 1 aromatic carbocycles. The van der Waals surface area contributed by atoms with E-state index in [1.54, 1.807) is 0 Å². The Hall–Kier alpha value is -1.41. The van der Waals surface area contributed by atoms with Crippen molar-refractivity contribution in [3.63, 3.8) is 0 Å². The molecule has 0 aromatic heterocycles. The summed E-state index contributed by atoms with van der Waals surface area (Å²) in [5, 5.41) is 0. The van der Waals surface area contributed by atoms with Gasteiger partial charge in [-0.3, -0.25) is 0 Å². The lowest BCUT2D eigenvalue weighted by molar-refractivity contribution is -0.121. The van der Waals surface area contributed by atoms with Gasteiger partial charge in [-0.2, -0.15) is 0 Å². The SMILES string of the molecule is CC=CC(OCc1ccccc1)C(C)(C)C=O. The summed E-state index contributed by atoms with van der Waals surface area (Å²) < 4.78 is 5.81. The Balaban J connectivity index is 2.66. The number of carbonyl (C=O) groups excluding carboxylic acids is 1. The predicted octanol–water partition coefficient (Wildman–Crippen LogP) is 3.37. The molecule has 17 heavy (non-hydrogen) atoms. The Bertz CT molecular complexity index is 366. The van der Waals surface area contributed by atoms with E-state index < -0.39 is 5.41 Å². The molecule has 0 radical (unpaired) electrons. The van der Waals surface area contributed by atoms with E-state index in [-0.39, 0.29) is 6.10 Å². The molecule has 1 unspecified atom stereocenters. The van der Waals surface area contributed by atoms with Crippen molar-refractivity contribution in [1.29, 1.82) is 0 Å². The van der Waals surface area contributed by atoms with Gasteiger partial charge < -0.3 is 9.53 Å². The van der Waals surface area contributed by atoms with Gasteiger partial charge in [-0.05, 0) is 12.5 Å². The summed E-state index contributed by atoms with van der Waals surface area (Å²) in [6.07, 6.45) is 4.60. The summed E-state index contributed by atoms with van der Waals surface area (Å²) in [5.41, 5.74) is 0.616. The molecule has 1 atom stereocenters. The number of allylic oxidation sites excluding steroid dienone is 1. The van der Waals surface area contributed by atoms with E-state index in [1.807, 2.05) is 63.3 Å². The molecule has 0 saturated carbocycles.